The Kier molecular flexibility index (Phi) is 4.24. The van der Waals surface area contributed by atoms with Crippen molar-refractivity contribution in [2.24, 2.45) is 5.41 Å². The number of likely N-dealkylation sites (tertiary alicyclic amines) is 1. The fourth-order valence-electron chi connectivity index (χ4n) is 4.80. The van der Waals surface area contributed by atoms with Gasteiger partial charge in [-0.15, -0.1) is 0 Å². The van der Waals surface area contributed by atoms with Crippen molar-refractivity contribution in [2.45, 2.75) is 25.8 Å². The summed E-state index contributed by atoms with van der Waals surface area (Å²) in [5.74, 6) is 1.13. The number of fused-ring (bicyclic) bond motifs is 1. The minimum absolute atomic E-state index is 0.241. The molecule has 2 saturated heterocycles. The maximum Gasteiger partial charge on any atom is 0.229 e. The summed E-state index contributed by atoms with van der Waals surface area (Å²) in [6.07, 6.45) is 6.32. The number of anilines is 1. The number of H-pyrrole nitrogens is 1. The van der Waals surface area contributed by atoms with Gasteiger partial charge in [-0.05, 0) is 43.0 Å². The molecule has 6 nitrogen and oxygen atoms in total. The number of benzene rings is 1. The van der Waals surface area contributed by atoms with Crippen LogP contribution in [0.4, 0.5) is 5.82 Å². The maximum atomic E-state index is 13.3. The van der Waals surface area contributed by atoms with Crippen molar-refractivity contribution >= 4 is 22.6 Å². The molecule has 2 aliphatic rings. The smallest absolute Gasteiger partial charge is 0.229 e. The lowest BCUT2D eigenvalue weighted by Gasteiger charge is -2.38. The molecular weight excluding hydrogens is 362 g/mol. The quantitative estimate of drug-likeness (QED) is 0.749. The third kappa shape index (κ3) is 3.03. The van der Waals surface area contributed by atoms with Crippen LogP contribution in [0.15, 0.2) is 48.8 Å². The molecule has 146 valence electrons. The first-order valence-electron chi connectivity index (χ1n) is 10.1. The molecule has 6 heteroatoms. The van der Waals surface area contributed by atoms with Crippen molar-refractivity contribution in [3.8, 4) is 6.07 Å². The lowest BCUT2D eigenvalue weighted by Crippen LogP contribution is -2.44. The molecule has 1 aromatic carbocycles. The van der Waals surface area contributed by atoms with Gasteiger partial charge >= 0.3 is 0 Å². The second kappa shape index (κ2) is 6.93. The zero-order valence-electron chi connectivity index (χ0n) is 16.3. The van der Waals surface area contributed by atoms with E-state index in [0.717, 1.165) is 50.2 Å². The van der Waals surface area contributed by atoms with Crippen LogP contribution in [0, 0.1) is 16.7 Å². The highest BCUT2D eigenvalue weighted by atomic mass is 16.2. The molecule has 0 unspecified atom stereocenters. The molecule has 2 aliphatic heterocycles. The summed E-state index contributed by atoms with van der Waals surface area (Å²) in [6.45, 7) is 3.09. The van der Waals surface area contributed by atoms with Crippen molar-refractivity contribution < 1.29 is 4.79 Å². The molecule has 1 amide bonds. The van der Waals surface area contributed by atoms with Crippen LogP contribution in [0.1, 0.15) is 30.4 Å². The van der Waals surface area contributed by atoms with E-state index in [1.54, 1.807) is 12.3 Å². The zero-order valence-corrected chi connectivity index (χ0v) is 16.3. The number of para-hydroxylation sites is 1. The molecule has 4 heterocycles. The number of pyridine rings is 1. The van der Waals surface area contributed by atoms with E-state index >= 15 is 0 Å². The summed E-state index contributed by atoms with van der Waals surface area (Å²) in [6, 6.07) is 14.0. The number of rotatable bonds is 3. The molecular formula is C23H23N5O. The van der Waals surface area contributed by atoms with Crippen molar-refractivity contribution in [3.63, 3.8) is 0 Å². The number of piperidine rings is 1. The predicted molar refractivity (Wildman–Crippen MR) is 111 cm³/mol. The Labute approximate surface area is 169 Å². The zero-order chi connectivity index (χ0) is 19.8. The van der Waals surface area contributed by atoms with Gasteiger partial charge in [-0.3, -0.25) is 4.79 Å². The van der Waals surface area contributed by atoms with Crippen LogP contribution in [-0.2, 0) is 11.3 Å². The number of carbonyl (C=O) groups excluding carboxylic acids is 1. The molecule has 5 rings (SSSR count). The van der Waals surface area contributed by atoms with E-state index in [-0.39, 0.29) is 5.41 Å². The summed E-state index contributed by atoms with van der Waals surface area (Å²) in [4.78, 5) is 25.3. The number of aromatic amines is 1. The third-order valence-corrected chi connectivity index (χ3v) is 6.56. The second-order valence-corrected chi connectivity index (χ2v) is 8.12. The molecule has 3 aromatic rings. The van der Waals surface area contributed by atoms with Gasteiger partial charge in [0.25, 0.3) is 0 Å². The van der Waals surface area contributed by atoms with Crippen LogP contribution in [0.5, 0.6) is 0 Å². The van der Waals surface area contributed by atoms with Gasteiger partial charge in [0, 0.05) is 49.5 Å². The first-order valence-corrected chi connectivity index (χ1v) is 10.1. The van der Waals surface area contributed by atoms with E-state index in [0.29, 0.717) is 18.0 Å². The number of nitrogens with zero attached hydrogens (tertiary/aromatic N) is 4. The Hall–Kier alpha value is -3.33. The molecule has 2 fully saturated rings. The highest BCUT2D eigenvalue weighted by Gasteiger charge is 2.48. The van der Waals surface area contributed by atoms with Gasteiger partial charge in [0.05, 0.1) is 17.0 Å². The van der Waals surface area contributed by atoms with Gasteiger partial charge in [0.2, 0.25) is 5.91 Å². The molecule has 1 spiro atoms. The van der Waals surface area contributed by atoms with E-state index in [9.17, 15) is 4.79 Å². The molecule has 29 heavy (non-hydrogen) atoms. The largest absolute Gasteiger partial charge is 0.361 e. The maximum absolute atomic E-state index is 13.3. The van der Waals surface area contributed by atoms with E-state index in [1.165, 1.54) is 10.9 Å². The van der Waals surface area contributed by atoms with E-state index in [4.69, 9.17) is 5.26 Å². The van der Waals surface area contributed by atoms with E-state index in [1.807, 2.05) is 29.3 Å². The molecule has 0 saturated carbocycles. The highest BCUT2D eigenvalue weighted by Crippen LogP contribution is 2.43. The van der Waals surface area contributed by atoms with Crippen LogP contribution in [0.3, 0.4) is 0 Å². The van der Waals surface area contributed by atoms with Gasteiger partial charge in [-0.25, -0.2) is 4.98 Å². The van der Waals surface area contributed by atoms with Gasteiger partial charge in [-0.2, -0.15) is 5.26 Å². The molecule has 0 aliphatic carbocycles. The average Bonchev–Trinajstić information content (AvgIpc) is 3.31. The third-order valence-electron chi connectivity index (χ3n) is 6.56. The fraction of sp³-hybridized carbons (Fsp3) is 0.348. The Bertz CT molecular complexity index is 1100. The predicted octanol–water partition coefficient (Wildman–Crippen LogP) is 3.45. The number of nitriles is 1. The van der Waals surface area contributed by atoms with Crippen LogP contribution < -0.4 is 4.90 Å². The number of carbonyl (C=O) groups is 1. The van der Waals surface area contributed by atoms with Crippen LogP contribution >= 0.6 is 0 Å². The normalized spacial score (nSPS) is 18.5. The van der Waals surface area contributed by atoms with Crippen molar-refractivity contribution in [3.05, 3.63) is 59.9 Å². The molecule has 1 N–H and O–H groups in total. The number of hydrogen-bond acceptors (Lipinski definition) is 4. The first kappa shape index (κ1) is 17.7. The van der Waals surface area contributed by atoms with E-state index < -0.39 is 0 Å². The second-order valence-electron chi connectivity index (χ2n) is 8.12. The highest BCUT2D eigenvalue weighted by molar-refractivity contribution is 5.87. The standard InChI is InChI=1S/C23H23N5O/c24-14-17-5-9-25-21(13-17)27-10-6-23(7-11-27)8-12-28(22(23)29)16-18-15-26-20-4-2-1-3-19(18)20/h1-5,9,13,15,26H,6-8,10-12,16H2. The summed E-state index contributed by atoms with van der Waals surface area (Å²) >= 11 is 0. The number of nitrogens with one attached hydrogen (secondary N) is 1. The number of aromatic nitrogens is 2. The minimum Gasteiger partial charge on any atom is -0.361 e. The molecule has 0 radical (unpaired) electrons. The van der Waals surface area contributed by atoms with Crippen molar-refractivity contribution in [1.82, 2.24) is 14.9 Å². The van der Waals surface area contributed by atoms with Crippen molar-refractivity contribution in [1.29, 1.82) is 5.26 Å². The fourth-order valence-corrected chi connectivity index (χ4v) is 4.80. The topological polar surface area (TPSA) is 76.0 Å². The van der Waals surface area contributed by atoms with Crippen LogP contribution in [-0.4, -0.2) is 40.4 Å². The van der Waals surface area contributed by atoms with Gasteiger partial charge < -0.3 is 14.8 Å². The monoisotopic (exact) mass is 385 g/mol. The van der Waals surface area contributed by atoms with E-state index in [2.05, 4.69) is 33.1 Å². The Morgan fingerprint density at radius 1 is 1.14 bits per heavy atom. The summed E-state index contributed by atoms with van der Waals surface area (Å²) in [5.41, 5.74) is 2.68. The lowest BCUT2D eigenvalue weighted by molar-refractivity contribution is -0.137. The van der Waals surface area contributed by atoms with Crippen LogP contribution in [0.2, 0.25) is 0 Å². The number of hydrogen-bond donors (Lipinski definition) is 1. The number of amides is 1. The summed E-state index contributed by atoms with van der Waals surface area (Å²) in [7, 11) is 0. The van der Waals surface area contributed by atoms with Crippen LogP contribution in [0.25, 0.3) is 10.9 Å². The van der Waals surface area contributed by atoms with Gasteiger partial charge in [-0.1, -0.05) is 18.2 Å². The molecule has 0 atom stereocenters. The minimum atomic E-state index is -0.241. The SMILES string of the molecule is N#Cc1ccnc(N2CCC3(CCN(Cc4c[nH]c5ccccc45)C3=O)CC2)c1. The van der Waals surface area contributed by atoms with Gasteiger partial charge in [0.1, 0.15) is 5.82 Å². The summed E-state index contributed by atoms with van der Waals surface area (Å²) < 4.78 is 0. The Morgan fingerprint density at radius 3 is 2.76 bits per heavy atom. The van der Waals surface area contributed by atoms with Crippen molar-refractivity contribution in [2.75, 3.05) is 24.5 Å². The Morgan fingerprint density at radius 2 is 1.93 bits per heavy atom. The Balaban J connectivity index is 1.28. The van der Waals surface area contributed by atoms with Gasteiger partial charge in [0.15, 0.2) is 0 Å². The summed E-state index contributed by atoms with van der Waals surface area (Å²) in [5, 5.41) is 10.3. The molecule has 0 bridgehead atoms. The molecule has 2 aromatic heterocycles. The average molecular weight is 385 g/mol. The first-order chi connectivity index (χ1) is 14.2. The lowest BCUT2D eigenvalue weighted by atomic mass is 9.77.